The Morgan fingerprint density at radius 1 is 0.550 bits per heavy atom. The van der Waals surface area contributed by atoms with E-state index in [4.69, 9.17) is 0 Å². The van der Waals surface area contributed by atoms with Gasteiger partial charge in [-0.1, -0.05) is 97.1 Å². The average Bonchev–Trinajstić information content (AvgIpc) is 2.98. The van der Waals surface area contributed by atoms with Crippen LogP contribution in [-0.2, 0) is 0 Å². The number of hydrogen-bond acceptors (Lipinski definition) is 2. The Morgan fingerprint density at radius 2 is 0.950 bits per heavy atom. The molecule has 3 heteroatoms. The monoisotopic (exact) mass is 526 g/mol. The van der Waals surface area contributed by atoms with Gasteiger partial charge >= 0.3 is 0 Å². The molecule has 0 saturated heterocycles. The van der Waals surface area contributed by atoms with Crippen molar-refractivity contribution >= 4 is 17.1 Å². The van der Waals surface area contributed by atoms with Crippen molar-refractivity contribution in [1.82, 2.24) is 0 Å². The number of benzene rings is 4. The van der Waals surface area contributed by atoms with Crippen LogP contribution in [0.5, 0.6) is 0 Å². The zero-order chi connectivity index (χ0) is 28.2. The lowest BCUT2D eigenvalue weighted by Crippen LogP contribution is -2.17. The lowest BCUT2D eigenvalue weighted by Gasteiger charge is -2.26. The van der Waals surface area contributed by atoms with E-state index in [1.54, 1.807) is 0 Å². The minimum Gasteiger partial charge on any atom is -0.377 e. The quantitative estimate of drug-likeness (QED) is 0.228. The van der Waals surface area contributed by atoms with Gasteiger partial charge in [0.15, 0.2) is 5.71 Å². The molecule has 0 N–H and O–H groups in total. The molecule has 4 aromatic carbocycles. The Hall–Kier alpha value is -4.37. The molecule has 3 nitrogen and oxygen atoms in total. The van der Waals surface area contributed by atoms with Crippen molar-refractivity contribution in [3.8, 4) is 22.3 Å². The first kappa shape index (κ1) is 27.2. The lowest BCUT2D eigenvalue weighted by molar-refractivity contribution is -0.462. The molecule has 1 aliphatic carbocycles. The molecule has 0 fully saturated rings. The molecule has 0 bridgehead atoms. The number of anilines is 2. The van der Waals surface area contributed by atoms with Crippen molar-refractivity contribution < 1.29 is 4.58 Å². The zero-order valence-corrected chi connectivity index (χ0v) is 24.5. The number of nitrogens with zero attached hydrogens (tertiary/aromatic N) is 3. The van der Waals surface area contributed by atoms with Gasteiger partial charge in [-0.15, -0.1) is 0 Å². The summed E-state index contributed by atoms with van der Waals surface area (Å²) in [5.74, 6) is 0.482. The van der Waals surface area contributed by atoms with Crippen LogP contribution in [0.15, 0.2) is 121 Å². The van der Waals surface area contributed by atoms with Crippen LogP contribution in [0.2, 0.25) is 0 Å². The molecule has 0 atom stereocenters. The van der Waals surface area contributed by atoms with Crippen LogP contribution in [0.1, 0.15) is 17.0 Å². The van der Waals surface area contributed by atoms with E-state index in [0.717, 1.165) is 0 Å². The van der Waals surface area contributed by atoms with E-state index >= 15 is 0 Å². The Bertz CT molecular complexity index is 1440. The van der Waals surface area contributed by atoms with E-state index in [1.165, 1.54) is 50.5 Å². The molecule has 0 aliphatic heterocycles. The van der Waals surface area contributed by atoms with E-state index in [9.17, 15) is 0 Å². The first-order chi connectivity index (χ1) is 19.3. The summed E-state index contributed by atoms with van der Waals surface area (Å²) in [6, 6.07) is 35.6. The fourth-order valence-electron chi connectivity index (χ4n) is 5.65. The largest absolute Gasteiger partial charge is 0.377 e. The average molecular weight is 527 g/mol. The molecule has 5 rings (SSSR count). The van der Waals surface area contributed by atoms with E-state index in [-0.39, 0.29) is 11.8 Å². The molecular formula is C37H40N3+. The molecule has 0 unspecified atom stereocenters. The minimum absolute atomic E-state index is 0.215. The highest BCUT2D eigenvalue weighted by Gasteiger charge is 2.24. The van der Waals surface area contributed by atoms with E-state index in [2.05, 4.69) is 178 Å². The second-order valence-corrected chi connectivity index (χ2v) is 11.2. The second kappa shape index (κ2) is 11.8. The summed E-state index contributed by atoms with van der Waals surface area (Å²) in [4.78, 5) is 4.36. The van der Waals surface area contributed by atoms with Gasteiger partial charge in [0, 0.05) is 74.7 Å². The van der Waals surface area contributed by atoms with Gasteiger partial charge in [0.2, 0.25) is 0 Å². The molecule has 0 aromatic heterocycles. The predicted molar refractivity (Wildman–Crippen MR) is 173 cm³/mol. The summed E-state index contributed by atoms with van der Waals surface area (Å²) in [6.45, 7) is 0. The van der Waals surface area contributed by atoms with Crippen LogP contribution in [0, 0.1) is 5.92 Å². The van der Waals surface area contributed by atoms with Crippen molar-refractivity contribution in [3.63, 3.8) is 0 Å². The second-order valence-electron chi connectivity index (χ2n) is 11.2. The van der Waals surface area contributed by atoms with Gasteiger partial charge in [-0.2, -0.15) is 0 Å². The van der Waals surface area contributed by atoms with Crippen molar-refractivity contribution in [3.05, 3.63) is 132 Å². The summed E-state index contributed by atoms with van der Waals surface area (Å²) >= 11 is 0. The summed E-state index contributed by atoms with van der Waals surface area (Å²) < 4.78 is 2.16. The number of para-hydroxylation sites is 2. The third-order valence-corrected chi connectivity index (χ3v) is 7.81. The summed E-state index contributed by atoms with van der Waals surface area (Å²) in [7, 11) is 12.6. The third kappa shape index (κ3) is 5.65. The van der Waals surface area contributed by atoms with E-state index in [1.807, 2.05) is 0 Å². The van der Waals surface area contributed by atoms with E-state index in [0.29, 0.717) is 0 Å². The number of hydrogen-bond donors (Lipinski definition) is 0. The standard InChI is InChI=1S/C37H40N3/c1-38(2)32-25-23-31(24-26-32)37(29-19-15-27(16-20-29)33-11-7-9-13-35(33)39(3)4)30-21-17-28(18-22-30)34-12-8-10-14-36(34)40(5)6/h7-26,31,37H,1-6H3/q+1. The molecular weight excluding hydrogens is 486 g/mol. The van der Waals surface area contributed by atoms with Crippen LogP contribution >= 0.6 is 0 Å². The summed E-state index contributed by atoms with van der Waals surface area (Å²) in [5, 5.41) is 0. The van der Waals surface area contributed by atoms with Gasteiger partial charge < -0.3 is 9.80 Å². The lowest BCUT2D eigenvalue weighted by atomic mass is 9.78. The maximum absolute atomic E-state index is 2.35. The summed E-state index contributed by atoms with van der Waals surface area (Å²) in [5.41, 5.74) is 11.3. The summed E-state index contributed by atoms with van der Waals surface area (Å²) in [6.07, 6.45) is 9.21. The third-order valence-electron chi connectivity index (χ3n) is 7.81. The molecule has 40 heavy (non-hydrogen) atoms. The fraction of sp³-hybridized carbons (Fsp3) is 0.216. The fourth-order valence-corrected chi connectivity index (χ4v) is 5.65. The number of rotatable bonds is 7. The molecule has 4 aromatic rings. The van der Waals surface area contributed by atoms with E-state index < -0.39 is 0 Å². The highest BCUT2D eigenvalue weighted by atomic mass is 15.1. The molecule has 0 spiro atoms. The van der Waals surface area contributed by atoms with Gasteiger partial charge in [0.25, 0.3) is 0 Å². The van der Waals surface area contributed by atoms with Gasteiger partial charge in [-0.05, 0) is 34.4 Å². The first-order valence-electron chi connectivity index (χ1n) is 14.0. The minimum atomic E-state index is 0.215. The Kier molecular flexibility index (Phi) is 8.02. The predicted octanol–water partition coefficient (Wildman–Crippen LogP) is 7.74. The molecule has 0 radical (unpaired) electrons. The molecule has 202 valence electrons. The van der Waals surface area contributed by atoms with Crippen molar-refractivity contribution in [2.75, 3.05) is 52.1 Å². The maximum atomic E-state index is 2.35. The van der Waals surface area contributed by atoms with Gasteiger partial charge in [0.1, 0.15) is 14.1 Å². The number of allylic oxidation sites excluding steroid dienone is 4. The Balaban J connectivity index is 1.54. The van der Waals surface area contributed by atoms with Crippen LogP contribution in [0.4, 0.5) is 11.4 Å². The Morgan fingerprint density at radius 3 is 1.32 bits per heavy atom. The van der Waals surface area contributed by atoms with Crippen molar-refractivity contribution in [2.45, 2.75) is 5.92 Å². The van der Waals surface area contributed by atoms with Crippen molar-refractivity contribution in [1.29, 1.82) is 0 Å². The molecule has 1 aliphatic rings. The van der Waals surface area contributed by atoms with Crippen LogP contribution in [0.25, 0.3) is 22.3 Å². The first-order valence-corrected chi connectivity index (χ1v) is 14.0. The highest BCUT2D eigenvalue weighted by Crippen LogP contribution is 2.39. The Labute approximate surface area is 240 Å². The molecule has 0 heterocycles. The van der Waals surface area contributed by atoms with Crippen LogP contribution < -0.4 is 9.80 Å². The smallest absolute Gasteiger partial charge is 0.198 e. The topological polar surface area (TPSA) is 9.49 Å². The molecule has 0 saturated carbocycles. The van der Waals surface area contributed by atoms with Gasteiger partial charge in [-0.3, -0.25) is 0 Å². The van der Waals surface area contributed by atoms with Crippen LogP contribution in [-0.4, -0.2) is 52.6 Å². The zero-order valence-electron chi connectivity index (χ0n) is 24.5. The highest BCUT2D eigenvalue weighted by molar-refractivity contribution is 6.01. The SMILES string of the molecule is CN(C)c1ccccc1-c1ccc(C(c2ccc(-c3ccccc3N(C)C)cc2)C2C=CC(=[N+](C)C)C=C2)cc1. The normalized spacial score (nSPS) is 14.5. The van der Waals surface area contributed by atoms with Crippen molar-refractivity contribution in [2.24, 2.45) is 5.92 Å². The van der Waals surface area contributed by atoms with Crippen LogP contribution in [0.3, 0.4) is 0 Å². The van der Waals surface area contributed by atoms with Gasteiger partial charge in [-0.25, -0.2) is 4.58 Å². The molecule has 0 amide bonds. The van der Waals surface area contributed by atoms with Gasteiger partial charge in [0.05, 0.1) is 0 Å². The maximum Gasteiger partial charge on any atom is 0.198 e.